The summed E-state index contributed by atoms with van der Waals surface area (Å²) in [6, 6.07) is 12.5. The summed E-state index contributed by atoms with van der Waals surface area (Å²) >= 11 is 1.31. The summed E-state index contributed by atoms with van der Waals surface area (Å²) in [7, 11) is -3.49. The van der Waals surface area contributed by atoms with E-state index in [1.54, 1.807) is 28.6 Å². The fourth-order valence-electron chi connectivity index (χ4n) is 3.87. The largest absolute Gasteiger partial charge is 0.483 e. The van der Waals surface area contributed by atoms with Crippen LogP contribution in [0.5, 0.6) is 5.75 Å². The lowest BCUT2D eigenvalue weighted by Crippen LogP contribution is -2.31. The number of hydrogen-bond donors (Lipinski definition) is 1. The third-order valence-corrected chi connectivity index (χ3v) is 8.69. The first kappa shape index (κ1) is 24.4. The van der Waals surface area contributed by atoms with Gasteiger partial charge in [-0.3, -0.25) is 10.1 Å². The number of aryl methyl sites for hydroxylation is 1. The Morgan fingerprint density at radius 2 is 1.76 bits per heavy atom. The van der Waals surface area contributed by atoms with Gasteiger partial charge in [-0.05, 0) is 56.0 Å². The fraction of sp³-hybridized carbons (Fsp3) is 0.360. The SMILES string of the molecule is Cc1cccc(OCC(=O)Nc2nc(-c3ccc(S(=O)(=O)N4CCCCCC4)cc3)cs2)c1C. The van der Waals surface area contributed by atoms with Gasteiger partial charge in [-0.15, -0.1) is 11.3 Å². The molecule has 180 valence electrons. The molecule has 0 saturated carbocycles. The molecule has 1 amide bonds. The molecule has 0 unspecified atom stereocenters. The molecule has 2 aromatic carbocycles. The van der Waals surface area contributed by atoms with Gasteiger partial charge in [-0.25, -0.2) is 13.4 Å². The molecule has 1 aliphatic heterocycles. The van der Waals surface area contributed by atoms with Crippen molar-refractivity contribution in [1.82, 2.24) is 9.29 Å². The molecular formula is C25H29N3O4S2. The molecule has 1 aromatic heterocycles. The molecule has 1 saturated heterocycles. The summed E-state index contributed by atoms with van der Waals surface area (Å²) in [5.41, 5.74) is 3.58. The lowest BCUT2D eigenvalue weighted by molar-refractivity contribution is -0.118. The molecule has 9 heteroatoms. The normalized spacial score (nSPS) is 15.0. The van der Waals surface area contributed by atoms with Gasteiger partial charge in [0.2, 0.25) is 10.0 Å². The Labute approximate surface area is 204 Å². The van der Waals surface area contributed by atoms with Gasteiger partial charge in [0.05, 0.1) is 10.6 Å². The lowest BCUT2D eigenvalue weighted by atomic mass is 10.1. The van der Waals surface area contributed by atoms with E-state index in [1.165, 1.54) is 11.3 Å². The molecule has 2 heterocycles. The summed E-state index contributed by atoms with van der Waals surface area (Å²) in [6.45, 7) is 5.00. The van der Waals surface area contributed by atoms with E-state index in [9.17, 15) is 13.2 Å². The van der Waals surface area contributed by atoms with Gasteiger partial charge in [-0.1, -0.05) is 37.1 Å². The zero-order valence-corrected chi connectivity index (χ0v) is 21.0. The first-order valence-electron chi connectivity index (χ1n) is 11.4. The minimum atomic E-state index is -3.49. The number of carbonyl (C=O) groups is 1. The molecule has 1 N–H and O–H groups in total. The average molecular weight is 500 g/mol. The van der Waals surface area contributed by atoms with Gasteiger partial charge < -0.3 is 4.74 Å². The zero-order chi connectivity index (χ0) is 24.1. The molecule has 34 heavy (non-hydrogen) atoms. The van der Waals surface area contributed by atoms with Gasteiger partial charge in [0.25, 0.3) is 5.91 Å². The van der Waals surface area contributed by atoms with Crippen molar-refractivity contribution in [3.8, 4) is 17.0 Å². The Balaban J connectivity index is 1.38. The number of anilines is 1. The number of thiazole rings is 1. The van der Waals surface area contributed by atoms with Crippen LogP contribution in [0.25, 0.3) is 11.3 Å². The van der Waals surface area contributed by atoms with Crippen LogP contribution in [0.2, 0.25) is 0 Å². The van der Waals surface area contributed by atoms with Gasteiger partial charge in [-0.2, -0.15) is 4.31 Å². The van der Waals surface area contributed by atoms with E-state index in [2.05, 4.69) is 10.3 Å². The second-order valence-electron chi connectivity index (χ2n) is 8.42. The number of sulfonamides is 1. The van der Waals surface area contributed by atoms with Crippen LogP contribution in [0.4, 0.5) is 5.13 Å². The smallest absolute Gasteiger partial charge is 0.264 e. The van der Waals surface area contributed by atoms with Gasteiger partial charge >= 0.3 is 0 Å². The van der Waals surface area contributed by atoms with Crippen LogP contribution in [0.1, 0.15) is 36.8 Å². The third-order valence-electron chi connectivity index (χ3n) is 6.02. The van der Waals surface area contributed by atoms with Crippen molar-refractivity contribution in [1.29, 1.82) is 0 Å². The van der Waals surface area contributed by atoms with Crippen molar-refractivity contribution in [2.24, 2.45) is 0 Å². The van der Waals surface area contributed by atoms with E-state index < -0.39 is 10.0 Å². The van der Waals surface area contributed by atoms with E-state index >= 15 is 0 Å². The highest BCUT2D eigenvalue weighted by Crippen LogP contribution is 2.27. The van der Waals surface area contributed by atoms with Crippen LogP contribution in [-0.4, -0.2) is 43.3 Å². The monoisotopic (exact) mass is 499 g/mol. The number of benzene rings is 2. The van der Waals surface area contributed by atoms with Crippen molar-refractivity contribution in [2.45, 2.75) is 44.4 Å². The second kappa shape index (κ2) is 10.7. The number of hydrogen-bond acceptors (Lipinski definition) is 6. The van der Waals surface area contributed by atoms with Crippen LogP contribution in [0.15, 0.2) is 52.7 Å². The molecule has 0 aliphatic carbocycles. The average Bonchev–Trinajstić information content (AvgIpc) is 3.11. The summed E-state index contributed by atoms with van der Waals surface area (Å²) in [4.78, 5) is 17.1. The van der Waals surface area contributed by atoms with Crippen LogP contribution in [-0.2, 0) is 14.8 Å². The number of nitrogens with one attached hydrogen (secondary N) is 1. The van der Waals surface area contributed by atoms with E-state index in [-0.39, 0.29) is 12.5 Å². The van der Waals surface area contributed by atoms with Crippen molar-refractivity contribution < 1.29 is 17.9 Å². The van der Waals surface area contributed by atoms with Crippen LogP contribution >= 0.6 is 11.3 Å². The Morgan fingerprint density at radius 1 is 1.06 bits per heavy atom. The topological polar surface area (TPSA) is 88.6 Å². The Bertz CT molecular complexity index is 1250. The van der Waals surface area contributed by atoms with E-state index in [0.29, 0.717) is 34.6 Å². The number of nitrogens with zero attached hydrogens (tertiary/aromatic N) is 2. The van der Waals surface area contributed by atoms with Crippen LogP contribution < -0.4 is 10.1 Å². The molecule has 4 rings (SSSR count). The number of carbonyl (C=O) groups excluding carboxylic acids is 1. The maximum atomic E-state index is 13.0. The highest BCUT2D eigenvalue weighted by Gasteiger charge is 2.25. The number of rotatable bonds is 7. The molecule has 1 fully saturated rings. The molecular weight excluding hydrogens is 470 g/mol. The van der Waals surface area contributed by atoms with Crippen molar-refractivity contribution in [2.75, 3.05) is 25.0 Å². The quantitative estimate of drug-likeness (QED) is 0.494. The molecule has 1 aliphatic rings. The number of amides is 1. The molecule has 0 atom stereocenters. The van der Waals surface area contributed by atoms with Crippen molar-refractivity contribution in [3.63, 3.8) is 0 Å². The summed E-state index contributed by atoms with van der Waals surface area (Å²) in [5, 5.41) is 5.06. The predicted octanol–water partition coefficient (Wildman–Crippen LogP) is 5.01. The minimum absolute atomic E-state index is 0.109. The molecule has 0 spiro atoms. The highest BCUT2D eigenvalue weighted by atomic mass is 32.2. The first-order valence-corrected chi connectivity index (χ1v) is 13.7. The van der Waals surface area contributed by atoms with Gasteiger partial charge in [0.1, 0.15) is 5.75 Å². The standard InChI is InChI=1S/C25H29N3O4S2/c1-18-8-7-9-23(19(18)2)32-16-24(29)27-25-26-22(17-33-25)20-10-12-21(13-11-20)34(30,31)28-14-5-3-4-6-15-28/h7-13,17H,3-6,14-16H2,1-2H3,(H,26,27,29). The Hall–Kier alpha value is -2.75. The zero-order valence-electron chi connectivity index (χ0n) is 19.4. The minimum Gasteiger partial charge on any atom is -0.483 e. The number of aromatic nitrogens is 1. The molecule has 7 nitrogen and oxygen atoms in total. The molecule has 0 bridgehead atoms. The summed E-state index contributed by atoms with van der Waals surface area (Å²) in [5.74, 6) is 0.394. The maximum Gasteiger partial charge on any atom is 0.264 e. The summed E-state index contributed by atoms with van der Waals surface area (Å²) in [6.07, 6.45) is 3.96. The van der Waals surface area contributed by atoms with Crippen molar-refractivity contribution >= 4 is 32.4 Å². The van der Waals surface area contributed by atoms with Crippen LogP contribution in [0, 0.1) is 13.8 Å². The lowest BCUT2D eigenvalue weighted by Gasteiger charge is -2.19. The fourth-order valence-corrected chi connectivity index (χ4v) is 6.12. The highest BCUT2D eigenvalue weighted by molar-refractivity contribution is 7.89. The third kappa shape index (κ3) is 5.65. The Kier molecular flexibility index (Phi) is 7.65. The number of ether oxygens (including phenoxy) is 1. The Morgan fingerprint density at radius 3 is 2.47 bits per heavy atom. The van der Waals surface area contributed by atoms with E-state index in [1.807, 2.05) is 37.4 Å². The summed E-state index contributed by atoms with van der Waals surface area (Å²) < 4.78 is 33.2. The maximum absolute atomic E-state index is 13.0. The van der Waals surface area contributed by atoms with E-state index in [4.69, 9.17) is 4.74 Å². The molecule has 0 radical (unpaired) electrons. The van der Waals surface area contributed by atoms with Gasteiger partial charge in [0, 0.05) is 24.0 Å². The van der Waals surface area contributed by atoms with Crippen LogP contribution in [0.3, 0.4) is 0 Å². The molecule has 3 aromatic rings. The first-order chi connectivity index (χ1) is 16.3. The van der Waals surface area contributed by atoms with Gasteiger partial charge in [0.15, 0.2) is 11.7 Å². The van der Waals surface area contributed by atoms with Crippen molar-refractivity contribution in [3.05, 3.63) is 59.0 Å². The second-order valence-corrected chi connectivity index (χ2v) is 11.2. The predicted molar refractivity (Wildman–Crippen MR) is 135 cm³/mol. The van der Waals surface area contributed by atoms with E-state index in [0.717, 1.165) is 42.4 Å².